The van der Waals surface area contributed by atoms with Crippen LogP contribution in [0.2, 0.25) is 0 Å². The lowest BCUT2D eigenvalue weighted by Crippen LogP contribution is -2.51. The monoisotopic (exact) mass is 354 g/mol. The Balaban J connectivity index is 1.70. The maximum absolute atomic E-state index is 10.1. The van der Waals surface area contributed by atoms with Crippen LogP contribution in [0.1, 0.15) is 12.8 Å². The van der Waals surface area contributed by atoms with E-state index in [0.29, 0.717) is 11.9 Å². The van der Waals surface area contributed by atoms with Crippen LogP contribution >= 0.6 is 8.38 Å². The van der Waals surface area contributed by atoms with E-state index in [0.717, 1.165) is 5.39 Å². The van der Waals surface area contributed by atoms with Gasteiger partial charge in [-0.2, -0.15) is 4.98 Å². The average molecular weight is 354 g/mol. The first kappa shape index (κ1) is 17.4. The molecule has 4 atom stereocenters. The van der Waals surface area contributed by atoms with Gasteiger partial charge in [0, 0.05) is 24.2 Å². The van der Waals surface area contributed by atoms with Crippen molar-refractivity contribution in [3.8, 4) is 6.01 Å². The van der Waals surface area contributed by atoms with Gasteiger partial charge >= 0.3 is 6.01 Å². The Morgan fingerprint density at radius 1 is 1.25 bits per heavy atom. The molecule has 130 valence electrons. The molecule has 2 heterocycles. The van der Waals surface area contributed by atoms with Crippen LogP contribution in [-0.2, 0) is 4.74 Å². The number of hydrogen-bond acceptors (Lipinski definition) is 8. The number of para-hydroxylation sites is 1. The Bertz CT molecular complexity index is 688. The van der Waals surface area contributed by atoms with Crippen molar-refractivity contribution < 1.29 is 29.5 Å². The fourth-order valence-corrected chi connectivity index (χ4v) is 3.09. The van der Waals surface area contributed by atoms with Crippen molar-refractivity contribution >= 4 is 19.3 Å². The molecule has 0 bridgehead atoms. The minimum Gasteiger partial charge on any atom is -0.430 e. The highest BCUT2D eigenvalue weighted by molar-refractivity contribution is 7.45. The Morgan fingerprint density at radius 3 is 2.83 bits per heavy atom. The van der Waals surface area contributed by atoms with Gasteiger partial charge in [0.1, 0.15) is 6.10 Å². The molecule has 2 aromatic rings. The van der Waals surface area contributed by atoms with Crippen molar-refractivity contribution in [1.82, 2.24) is 9.97 Å². The van der Waals surface area contributed by atoms with Crippen molar-refractivity contribution in [2.45, 2.75) is 37.4 Å². The number of benzene rings is 1. The van der Waals surface area contributed by atoms with Crippen LogP contribution in [-0.4, -0.2) is 60.7 Å². The van der Waals surface area contributed by atoms with E-state index < -0.39 is 33.0 Å². The molecule has 3 rings (SSSR count). The number of aliphatic hydroxyl groups is 2. The van der Waals surface area contributed by atoms with Crippen LogP contribution in [0.25, 0.3) is 10.9 Å². The lowest BCUT2D eigenvalue weighted by molar-refractivity contribution is -0.237. The van der Waals surface area contributed by atoms with E-state index in [2.05, 4.69) is 9.97 Å². The fourth-order valence-electron chi connectivity index (χ4n) is 2.57. The Labute approximate surface area is 139 Å². The van der Waals surface area contributed by atoms with Crippen LogP contribution in [0.15, 0.2) is 30.5 Å². The molecule has 8 nitrogen and oxygen atoms in total. The molecule has 0 saturated carbocycles. The molecule has 1 aromatic heterocycles. The zero-order chi connectivity index (χ0) is 17.1. The largest absolute Gasteiger partial charge is 0.430 e. The van der Waals surface area contributed by atoms with E-state index >= 15 is 0 Å². The van der Waals surface area contributed by atoms with Crippen molar-refractivity contribution in [1.29, 1.82) is 0 Å². The Kier molecular flexibility index (Phi) is 5.55. The third-order valence-corrected chi connectivity index (χ3v) is 4.50. The van der Waals surface area contributed by atoms with Crippen LogP contribution < -0.4 is 4.74 Å². The molecule has 0 amide bonds. The summed E-state index contributed by atoms with van der Waals surface area (Å²) in [7, 11) is -2.02. The van der Waals surface area contributed by atoms with Crippen LogP contribution in [0.3, 0.4) is 0 Å². The zero-order valence-corrected chi connectivity index (χ0v) is 13.7. The highest BCUT2D eigenvalue weighted by Crippen LogP contribution is 2.30. The quantitative estimate of drug-likeness (QED) is 0.573. The van der Waals surface area contributed by atoms with Gasteiger partial charge in [-0.25, -0.2) is 4.98 Å². The number of fused-ring (bicyclic) bond motifs is 1. The molecule has 1 aliphatic rings. The molecular weight excluding hydrogens is 335 g/mol. The highest BCUT2D eigenvalue weighted by atomic mass is 31.2. The van der Waals surface area contributed by atoms with Gasteiger partial charge in [0.2, 0.25) is 6.29 Å². The maximum Gasteiger partial charge on any atom is 0.319 e. The Hall–Kier alpha value is -1.41. The van der Waals surface area contributed by atoms with Gasteiger partial charge in [-0.15, -0.1) is 0 Å². The molecular formula is C15H19N2O6P. The zero-order valence-electron chi connectivity index (χ0n) is 12.8. The molecule has 0 spiro atoms. The Morgan fingerprint density at radius 2 is 2.04 bits per heavy atom. The molecule has 1 fully saturated rings. The first-order valence-electron chi connectivity index (χ1n) is 7.58. The van der Waals surface area contributed by atoms with Gasteiger partial charge in [-0.1, -0.05) is 18.2 Å². The summed E-state index contributed by atoms with van der Waals surface area (Å²) in [4.78, 5) is 26.3. The predicted octanol–water partition coefficient (Wildman–Crippen LogP) is 0.532. The number of hydrogen-bond donors (Lipinski definition) is 4. The van der Waals surface area contributed by atoms with E-state index in [4.69, 9.17) is 19.3 Å². The predicted molar refractivity (Wildman–Crippen MR) is 86.3 cm³/mol. The second-order valence-electron chi connectivity index (χ2n) is 5.63. The molecule has 1 aliphatic heterocycles. The summed E-state index contributed by atoms with van der Waals surface area (Å²) < 4.78 is 11.1. The van der Waals surface area contributed by atoms with E-state index in [1.165, 1.54) is 0 Å². The van der Waals surface area contributed by atoms with Gasteiger partial charge in [0.05, 0.1) is 17.7 Å². The first-order chi connectivity index (χ1) is 11.5. The van der Waals surface area contributed by atoms with Crippen LogP contribution in [0, 0.1) is 0 Å². The van der Waals surface area contributed by atoms with E-state index in [1.54, 1.807) is 6.20 Å². The fraction of sp³-hybridized carbons (Fsp3) is 0.467. The van der Waals surface area contributed by atoms with E-state index in [9.17, 15) is 10.2 Å². The standard InChI is InChI=1S/C15H19N2O6P/c18-12-7-10(5-6-24(20)21)22-14(13(12)19)23-15-16-8-9-3-1-2-4-11(9)17-15/h1-4,8,10,12-14,18-21H,5-7H2. The summed E-state index contributed by atoms with van der Waals surface area (Å²) in [6.45, 7) is 0. The molecule has 1 saturated heterocycles. The van der Waals surface area contributed by atoms with Crippen molar-refractivity contribution in [3.05, 3.63) is 30.5 Å². The van der Waals surface area contributed by atoms with E-state index in [1.807, 2.05) is 24.3 Å². The van der Waals surface area contributed by atoms with Gasteiger partial charge in [-0.3, -0.25) is 0 Å². The summed E-state index contributed by atoms with van der Waals surface area (Å²) in [5.41, 5.74) is 0.691. The maximum atomic E-state index is 10.1. The molecule has 1 aromatic carbocycles. The molecule has 0 radical (unpaired) electrons. The number of nitrogens with zero attached hydrogens (tertiary/aromatic N) is 2. The van der Waals surface area contributed by atoms with Gasteiger partial charge < -0.3 is 29.5 Å². The number of aliphatic hydroxyl groups excluding tert-OH is 2. The third-order valence-electron chi connectivity index (χ3n) is 3.84. The van der Waals surface area contributed by atoms with Gasteiger partial charge in [0.25, 0.3) is 0 Å². The van der Waals surface area contributed by atoms with Crippen LogP contribution in [0.4, 0.5) is 0 Å². The van der Waals surface area contributed by atoms with Gasteiger partial charge in [-0.05, 0) is 12.5 Å². The van der Waals surface area contributed by atoms with Crippen LogP contribution in [0.5, 0.6) is 6.01 Å². The molecule has 0 aliphatic carbocycles. The van der Waals surface area contributed by atoms with Gasteiger partial charge in [0.15, 0.2) is 8.38 Å². The number of aromatic nitrogens is 2. The highest BCUT2D eigenvalue weighted by Gasteiger charge is 2.38. The molecule has 4 unspecified atom stereocenters. The average Bonchev–Trinajstić information content (AvgIpc) is 2.57. The topological polar surface area (TPSA) is 125 Å². The summed E-state index contributed by atoms with van der Waals surface area (Å²) in [5, 5.41) is 20.9. The van der Waals surface area contributed by atoms with Crippen molar-refractivity contribution in [2.24, 2.45) is 0 Å². The minimum absolute atomic E-state index is 0.0390. The lowest BCUT2D eigenvalue weighted by Gasteiger charge is -2.36. The second-order valence-corrected chi connectivity index (χ2v) is 6.83. The van der Waals surface area contributed by atoms with Crippen molar-refractivity contribution in [3.63, 3.8) is 0 Å². The molecule has 24 heavy (non-hydrogen) atoms. The second kappa shape index (κ2) is 7.65. The number of rotatable bonds is 5. The summed E-state index contributed by atoms with van der Waals surface area (Å²) >= 11 is 0. The normalized spacial score (nSPS) is 27.5. The van der Waals surface area contributed by atoms with Crippen molar-refractivity contribution in [2.75, 3.05) is 6.16 Å². The lowest BCUT2D eigenvalue weighted by atomic mass is 10.0. The summed E-state index contributed by atoms with van der Waals surface area (Å²) in [6, 6.07) is 7.43. The summed E-state index contributed by atoms with van der Waals surface area (Å²) in [6.07, 6.45) is -1.52. The number of ether oxygens (including phenoxy) is 2. The smallest absolute Gasteiger partial charge is 0.319 e. The SMILES string of the molecule is OC1CC(CCP(O)O)OC(Oc2ncc3ccccc3n2)C1O. The molecule has 4 N–H and O–H groups in total. The van der Waals surface area contributed by atoms with E-state index in [-0.39, 0.29) is 18.6 Å². The molecule has 9 heteroatoms. The third kappa shape index (κ3) is 4.16. The first-order valence-corrected chi connectivity index (χ1v) is 9.01. The minimum atomic E-state index is -2.02. The summed E-state index contributed by atoms with van der Waals surface area (Å²) in [5.74, 6) is 0.